The highest BCUT2D eigenvalue weighted by molar-refractivity contribution is 7.89. The van der Waals surface area contributed by atoms with Gasteiger partial charge < -0.3 is 9.42 Å². The minimum Gasteiger partial charge on any atom is -0.360 e. The van der Waals surface area contributed by atoms with E-state index in [0.717, 1.165) is 5.56 Å². The van der Waals surface area contributed by atoms with Crippen molar-refractivity contribution in [2.24, 2.45) is 0 Å². The molecule has 0 saturated carbocycles. The van der Waals surface area contributed by atoms with Crippen LogP contribution in [0.3, 0.4) is 0 Å². The van der Waals surface area contributed by atoms with Crippen molar-refractivity contribution in [3.05, 3.63) is 47.3 Å². The standard InChI is InChI=1S/C16H21N3O3S/c1-12-16(13(2)22-17-12)23(20,21)19-10-9-18(3)11-15(19)14-7-5-4-6-8-14/h4-8,15H,9-11H2,1-3H3/t15-/m1/s1. The van der Waals surface area contributed by atoms with Crippen molar-refractivity contribution in [1.29, 1.82) is 0 Å². The van der Waals surface area contributed by atoms with Gasteiger partial charge in [0.1, 0.15) is 10.6 Å². The second kappa shape index (κ2) is 6.07. The highest BCUT2D eigenvalue weighted by Gasteiger charge is 2.38. The maximum absolute atomic E-state index is 13.2. The molecule has 0 bridgehead atoms. The van der Waals surface area contributed by atoms with E-state index in [0.29, 0.717) is 31.1 Å². The lowest BCUT2D eigenvalue weighted by atomic mass is 10.1. The van der Waals surface area contributed by atoms with E-state index in [1.54, 1.807) is 18.2 Å². The minimum absolute atomic E-state index is 0.197. The number of aromatic nitrogens is 1. The molecule has 0 unspecified atom stereocenters. The van der Waals surface area contributed by atoms with Crippen molar-refractivity contribution >= 4 is 10.0 Å². The fourth-order valence-corrected chi connectivity index (χ4v) is 4.99. The number of nitrogens with zero attached hydrogens (tertiary/aromatic N) is 3. The Kier molecular flexibility index (Phi) is 4.27. The smallest absolute Gasteiger partial charge is 0.249 e. The molecule has 3 rings (SSSR count). The molecule has 6 nitrogen and oxygen atoms in total. The molecule has 0 amide bonds. The van der Waals surface area contributed by atoms with E-state index in [9.17, 15) is 8.42 Å². The molecule has 1 aliphatic heterocycles. The van der Waals surface area contributed by atoms with Crippen molar-refractivity contribution in [2.75, 3.05) is 26.7 Å². The van der Waals surface area contributed by atoms with Gasteiger partial charge in [-0.3, -0.25) is 0 Å². The molecule has 0 radical (unpaired) electrons. The summed E-state index contributed by atoms with van der Waals surface area (Å²) in [6.45, 7) is 5.11. The maximum Gasteiger partial charge on any atom is 0.249 e. The van der Waals surface area contributed by atoms with Crippen LogP contribution >= 0.6 is 0 Å². The predicted molar refractivity (Wildman–Crippen MR) is 86.5 cm³/mol. The van der Waals surface area contributed by atoms with Gasteiger partial charge in [0.25, 0.3) is 0 Å². The van der Waals surface area contributed by atoms with Gasteiger partial charge in [-0.25, -0.2) is 8.42 Å². The topological polar surface area (TPSA) is 66.7 Å². The summed E-state index contributed by atoms with van der Waals surface area (Å²) in [5.74, 6) is 0.341. The van der Waals surface area contributed by atoms with Crippen LogP contribution < -0.4 is 0 Å². The van der Waals surface area contributed by atoms with E-state index in [1.807, 2.05) is 37.4 Å². The van der Waals surface area contributed by atoms with E-state index < -0.39 is 10.0 Å². The molecule has 124 valence electrons. The second-order valence-corrected chi connectivity index (χ2v) is 7.79. The van der Waals surface area contributed by atoms with Crippen LogP contribution in [0.25, 0.3) is 0 Å². The Hall–Kier alpha value is -1.70. The minimum atomic E-state index is -3.65. The summed E-state index contributed by atoms with van der Waals surface area (Å²) in [5, 5.41) is 3.80. The molecule has 1 fully saturated rings. The second-order valence-electron chi connectivity index (χ2n) is 5.96. The van der Waals surface area contributed by atoms with Crippen molar-refractivity contribution in [3.8, 4) is 0 Å². The molecule has 7 heteroatoms. The highest BCUT2D eigenvalue weighted by Crippen LogP contribution is 2.33. The number of piperazine rings is 1. The molecule has 0 spiro atoms. The van der Waals surface area contributed by atoms with Crippen LogP contribution in [-0.2, 0) is 10.0 Å². The zero-order chi connectivity index (χ0) is 16.6. The molecular weight excluding hydrogens is 314 g/mol. The van der Waals surface area contributed by atoms with Crippen LogP contribution in [0.1, 0.15) is 23.1 Å². The lowest BCUT2D eigenvalue weighted by Crippen LogP contribution is -2.49. The van der Waals surface area contributed by atoms with Crippen molar-refractivity contribution < 1.29 is 12.9 Å². The largest absolute Gasteiger partial charge is 0.360 e. The van der Waals surface area contributed by atoms with E-state index >= 15 is 0 Å². The summed E-state index contributed by atoms with van der Waals surface area (Å²) in [6.07, 6.45) is 0. The van der Waals surface area contributed by atoms with Crippen LogP contribution in [0.15, 0.2) is 39.8 Å². The number of sulfonamides is 1. The monoisotopic (exact) mass is 335 g/mol. The Balaban J connectivity index is 2.05. The molecule has 2 aromatic rings. The van der Waals surface area contributed by atoms with E-state index in [2.05, 4.69) is 10.1 Å². The van der Waals surface area contributed by atoms with Gasteiger partial charge in [-0.05, 0) is 26.5 Å². The third kappa shape index (κ3) is 2.91. The summed E-state index contributed by atoms with van der Waals surface area (Å²) in [5.41, 5.74) is 1.41. The number of rotatable bonds is 3. The van der Waals surface area contributed by atoms with Crippen LogP contribution in [0.4, 0.5) is 0 Å². The van der Waals surface area contributed by atoms with Gasteiger partial charge in [0.05, 0.1) is 6.04 Å². The lowest BCUT2D eigenvalue weighted by molar-refractivity contribution is 0.160. The first kappa shape index (κ1) is 16.2. The number of hydrogen-bond donors (Lipinski definition) is 0. The van der Waals surface area contributed by atoms with Crippen LogP contribution in [0.5, 0.6) is 0 Å². The van der Waals surface area contributed by atoms with Gasteiger partial charge >= 0.3 is 0 Å². The normalized spacial score (nSPS) is 20.7. The molecule has 23 heavy (non-hydrogen) atoms. The zero-order valence-corrected chi connectivity index (χ0v) is 14.4. The number of aryl methyl sites for hydroxylation is 2. The average molecular weight is 335 g/mol. The number of likely N-dealkylation sites (N-methyl/N-ethyl adjacent to an activating group) is 1. The quantitative estimate of drug-likeness (QED) is 0.858. The third-order valence-electron chi connectivity index (χ3n) is 4.25. The Morgan fingerprint density at radius 3 is 2.48 bits per heavy atom. The van der Waals surface area contributed by atoms with Crippen molar-refractivity contribution in [1.82, 2.24) is 14.4 Å². The van der Waals surface area contributed by atoms with Gasteiger partial charge in [-0.2, -0.15) is 4.31 Å². The molecule has 1 aliphatic rings. The Labute approximate surface area is 136 Å². The maximum atomic E-state index is 13.2. The molecule has 0 N–H and O–H groups in total. The first-order valence-electron chi connectivity index (χ1n) is 7.59. The summed E-state index contributed by atoms with van der Waals surface area (Å²) in [4.78, 5) is 2.35. The molecule has 0 aliphatic carbocycles. The summed E-state index contributed by atoms with van der Waals surface area (Å²) >= 11 is 0. The summed E-state index contributed by atoms with van der Waals surface area (Å²) in [6, 6.07) is 9.53. The van der Waals surface area contributed by atoms with Crippen molar-refractivity contribution in [3.63, 3.8) is 0 Å². The third-order valence-corrected chi connectivity index (χ3v) is 6.41. The SMILES string of the molecule is Cc1noc(C)c1S(=O)(=O)N1CCN(C)C[C@@H]1c1ccccc1. The van der Waals surface area contributed by atoms with Gasteiger partial charge in [0, 0.05) is 19.6 Å². The van der Waals surface area contributed by atoms with Crippen LogP contribution in [-0.4, -0.2) is 49.5 Å². The first-order chi connectivity index (χ1) is 10.9. The molecule has 1 aromatic heterocycles. The molecule has 1 aromatic carbocycles. The molecule has 1 saturated heterocycles. The van der Waals surface area contributed by atoms with Crippen molar-refractivity contribution in [2.45, 2.75) is 24.8 Å². The first-order valence-corrected chi connectivity index (χ1v) is 9.03. The highest BCUT2D eigenvalue weighted by atomic mass is 32.2. The summed E-state index contributed by atoms with van der Waals surface area (Å²) in [7, 11) is -1.64. The Bertz CT molecular complexity index is 767. The lowest BCUT2D eigenvalue weighted by Gasteiger charge is -2.39. The van der Waals surface area contributed by atoms with E-state index in [1.165, 1.54) is 0 Å². The van der Waals surface area contributed by atoms with Gasteiger partial charge in [-0.15, -0.1) is 0 Å². The zero-order valence-electron chi connectivity index (χ0n) is 13.6. The van der Waals surface area contributed by atoms with E-state index in [4.69, 9.17) is 4.52 Å². The fourth-order valence-electron chi connectivity index (χ4n) is 3.10. The van der Waals surface area contributed by atoms with E-state index in [-0.39, 0.29) is 10.9 Å². The predicted octanol–water partition coefficient (Wildman–Crippen LogP) is 1.97. The Morgan fingerprint density at radius 2 is 1.87 bits per heavy atom. The fraction of sp³-hybridized carbons (Fsp3) is 0.438. The molecule has 1 atom stereocenters. The Morgan fingerprint density at radius 1 is 1.17 bits per heavy atom. The van der Waals surface area contributed by atoms with Crippen LogP contribution in [0, 0.1) is 13.8 Å². The summed E-state index contributed by atoms with van der Waals surface area (Å²) < 4.78 is 33.0. The number of benzene rings is 1. The average Bonchev–Trinajstić information content (AvgIpc) is 2.87. The molecule has 2 heterocycles. The van der Waals surface area contributed by atoms with Gasteiger partial charge in [0.15, 0.2) is 5.76 Å². The molecular formula is C16H21N3O3S. The number of hydrogen-bond acceptors (Lipinski definition) is 5. The van der Waals surface area contributed by atoms with Crippen LogP contribution in [0.2, 0.25) is 0 Å². The van der Waals surface area contributed by atoms with Gasteiger partial charge in [-0.1, -0.05) is 35.5 Å². The van der Waals surface area contributed by atoms with Gasteiger partial charge in [0.2, 0.25) is 10.0 Å².